The fourth-order valence-corrected chi connectivity index (χ4v) is 1.59. The van der Waals surface area contributed by atoms with Gasteiger partial charge in [-0.2, -0.15) is 13.2 Å². The van der Waals surface area contributed by atoms with E-state index in [2.05, 4.69) is 20.7 Å². The van der Waals surface area contributed by atoms with Gasteiger partial charge in [0.1, 0.15) is 5.75 Å². The summed E-state index contributed by atoms with van der Waals surface area (Å²) in [6.45, 7) is 1.34. The van der Waals surface area contributed by atoms with Crippen LogP contribution >= 0.6 is 15.9 Å². The molecule has 112 valence electrons. The molecule has 0 fully saturated rings. The van der Waals surface area contributed by atoms with E-state index in [-0.39, 0.29) is 6.07 Å². The van der Waals surface area contributed by atoms with Gasteiger partial charge in [0, 0.05) is 5.56 Å². The Labute approximate surface area is 117 Å². The first-order valence-corrected chi connectivity index (χ1v) is 5.98. The lowest BCUT2D eigenvalue weighted by Gasteiger charge is -2.14. The van der Waals surface area contributed by atoms with Crippen LogP contribution in [0.5, 0.6) is 5.75 Å². The van der Waals surface area contributed by atoms with Gasteiger partial charge >= 0.3 is 12.5 Å². The van der Waals surface area contributed by atoms with Gasteiger partial charge in [0.25, 0.3) is 0 Å². The van der Waals surface area contributed by atoms with E-state index in [9.17, 15) is 31.1 Å². The molecule has 0 radical (unpaired) electrons. The molecule has 1 unspecified atom stereocenters. The van der Waals surface area contributed by atoms with Gasteiger partial charge in [0.05, 0.1) is 10.4 Å². The maximum atomic E-state index is 12.6. The van der Waals surface area contributed by atoms with Crippen LogP contribution in [0.2, 0.25) is 0 Å². The van der Waals surface area contributed by atoms with Crippen molar-refractivity contribution in [3.63, 3.8) is 0 Å². The van der Waals surface area contributed by atoms with Crippen molar-refractivity contribution in [1.29, 1.82) is 0 Å². The van der Waals surface area contributed by atoms with Crippen LogP contribution in [0.4, 0.5) is 26.3 Å². The first-order chi connectivity index (χ1) is 8.90. The standard InChI is InChI=1S/C11H7BrF6O2/c1-5(12)9(19)6-2-7(10(13,14)15)4-8(3-6)20-11(16,17)18/h2-5H,1H3. The molecule has 1 aromatic rings. The number of ketones is 1. The zero-order valence-electron chi connectivity index (χ0n) is 9.77. The fourth-order valence-electron chi connectivity index (χ4n) is 1.33. The van der Waals surface area contributed by atoms with Crippen LogP contribution in [-0.2, 0) is 6.18 Å². The maximum absolute atomic E-state index is 12.6. The van der Waals surface area contributed by atoms with Crippen molar-refractivity contribution in [3.8, 4) is 5.75 Å². The van der Waals surface area contributed by atoms with Crippen molar-refractivity contribution in [2.45, 2.75) is 24.3 Å². The number of carbonyl (C=O) groups is 1. The number of hydrogen-bond acceptors (Lipinski definition) is 2. The Morgan fingerprint density at radius 2 is 1.70 bits per heavy atom. The first-order valence-electron chi connectivity index (χ1n) is 5.06. The average Bonchev–Trinajstić information content (AvgIpc) is 2.23. The van der Waals surface area contributed by atoms with E-state index in [0.717, 1.165) is 0 Å². The van der Waals surface area contributed by atoms with Gasteiger partial charge < -0.3 is 4.74 Å². The fraction of sp³-hybridized carbons (Fsp3) is 0.364. The lowest BCUT2D eigenvalue weighted by atomic mass is 10.0. The molecule has 0 saturated carbocycles. The largest absolute Gasteiger partial charge is 0.573 e. The molecule has 0 amide bonds. The van der Waals surface area contributed by atoms with Crippen LogP contribution in [-0.4, -0.2) is 17.0 Å². The molecule has 0 saturated heterocycles. The third kappa shape index (κ3) is 4.69. The Balaban J connectivity index is 3.32. The second-order valence-corrected chi connectivity index (χ2v) is 5.15. The molecule has 0 aliphatic rings. The molecule has 1 rings (SSSR count). The number of rotatable bonds is 3. The summed E-state index contributed by atoms with van der Waals surface area (Å²) in [5.41, 5.74) is -1.92. The monoisotopic (exact) mass is 364 g/mol. The number of hydrogen-bond donors (Lipinski definition) is 0. The number of carbonyl (C=O) groups excluding carboxylic acids is 1. The van der Waals surface area contributed by atoms with Gasteiger partial charge in [-0.25, -0.2) is 0 Å². The molecule has 0 aliphatic heterocycles. The highest BCUT2D eigenvalue weighted by atomic mass is 79.9. The highest BCUT2D eigenvalue weighted by molar-refractivity contribution is 9.10. The first kappa shape index (κ1) is 16.8. The smallest absolute Gasteiger partial charge is 0.406 e. The summed E-state index contributed by atoms with van der Waals surface area (Å²) in [5, 5.41) is 0. The lowest BCUT2D eigenvalue weighted by molar-refractivity contribution is -0.274. The quantitative estimate of drug-likeness (QED) is 0.446. The summed E-state index contributed by atoms with van der Waals surface area (Å²) in [6, 6.07) is 1.27. The van der Waals surface area contributed by atoms with Crippen LogP contribution in [0.3, 0.4) is 0 Å². The molecule has 1 aromatic carbocycles. The summed E-state index contributed by atoms with van der Waals surface area (Å²) >= 11 is 2.84. The van der Waals surface area contributed by atoms with E-state index < -0.39 is 40.0 Å². The van der Waals surface area contributed by atoms with E-state index in [1.165, 1.54) is 6.92 Å². The Bertz CT molecular complexity index is 507. The number of halogens is 7. The van der Waals surface area contributed by atoms with Crippen LogP contribution in [0, 0.1) is 0 Å². The van der Waals surface area contributed by atoms with Gasteiger partial charge in [-0.3, -0.25) is 4.79 Å². The van der Waals surface area contributed by atoms with E-state index in [4.69, 9.17) is 0 Å². The molecule has 0 spiro atoms. The molecule has 0 N–H and O–H groups in total. The molecule has 20 heavy (non-hydrogen) atoms. The predicted octanol–water partition coefficient (Wildman–Crippen LogP) is 4.57. The zero-order chi connectivity index (χ0) is 15.7. The van der Waals surface area contributed by atoms with Crippen LogP contribution in [0.25, 0.3) is 0 Å². The molecule has 0 aliphatic carbocycles. The van der Waals surface area contributed by atoms with Gasteiger partial charge in [0.15, 0.2) is 5.78 Å². The predicted molar refractivity (Wildman–Crippen MR) is 60.8 cm³/mol. The van der Waals surface area contributed by atoms with Crippen LogP contribution in [0.15, 0.2) is 18.2 Å². The lowest BCUT2D eigenvalue weighted by Crippen LogP contribution is -2.19. The zero-order valence-corrected chi connectivity index (χ0v) is 11.4. The molecule has 0 aromatic heterocycles. The molecular formula is C11H7BrF6O2. The Hall–Kier alpha value is -1.25. The third-order valence-electron chi connectivity index (χ3n) is 2.11. The van der Waals surface area contributed by atoms with E-state index in [1.54, 1.807) is 0 Å². The van der Waals surface area contributed by atoms with Crippen molar-refractivity contribution in [2.24, 2.45) is 0 Å². The van der Waals surface area contributed by atoms with Crippen molar-refractivity contribution in [3.05, 3.63) is 29.3 Å². The third-order valence-corrected chi connectivity index (χ3v) is 2.53. The normalized spacial score (nSPS) is 14.0. The number of ether oxygens (including phenoxy) is 1. The number of Topliss-reactive ketones (excluding diaryl/α,β-unsaturated/α-hetero) is 1. The minimum absolute atomic E-state index is 0.184. The van der Waals surface area contributed by atoms with E-state index in [1.807, 2.05) is 0 Å². The van der Waals surface area contributed by atoms with Crippen molar-refractivity contribution >= 4 is 21.7 Å². The Kier molecular flexibility index (Phi) is 4.73. The highest BCUT2D eigenvalue weighted by Gasteiger charge is 2.35. The summed E-state index contributed by atoms with van der Waals surface area (Å²) in [6.07, 6.45) is -10.0. The minimum atomic E-state index is -5.15. The van der Waals surface area contributed by atoms with Crippen molar-refractivity contribution in [2.75, 3.05) is 0 Å². The topological polar surface area (TPSA) is 26.3 Å². The van der Waals surface area contributed by atoms with Gasteiger partial charge in [-0.15, -0.1) is 13.2 Å². The number of benzene rings is 1. The number of alkyl halides is 7. The van der Waals surface area contributed by atoms with E-state index in [0.29, 0.717) is 12.1 Å². The SMILES string of the molecule is CC(Br)C(=O)c1cc(OC(F)(F)F)cc(C(F)(F)F)c1. The molecule has 0 bridgehead atoms. The second kappa shape index (κ2) is 5.63. The van der Waals surface area contributed by atoms with E-state index >= 15 is 0 Å². The summed E-state index contributed by atoms with van der Waals surface area (Å²) in [4.78, 5) is 10.7. The maximum Gasteiger partial charge on any atom is 0.573 e. The van der Waals surface area contributed by atoms with Crippen molar-refractivity contribution < 1.29 is 35.9 Å². The average molecular weight is 365 g/mol. The van der Waals surface area contributed by atoms with Crippen LogP contribution < -0.4 is 4.74 Å². The summed E-state index contributed by atoms with van der Waals surface area (Å²) < 4.78 is 77.4. The van der Waals surface area contributed by atoms with Crippen LogP contribution in [0.1, 0.15) is 22.8 Å². The molecular weight excluding hydrogens is 358 g/mol. The van der Waals surface area contributed by atoms with Gasteiger partial charge in [-0.05, 0) is 25.1 Å². The Morgan fingerprint density at radius 1 is 1.15 bits per heavy atom. The summed E-state index contributed by atoms with van der Waals surface area (Å²) in [7, 11) is 0. The highest BCUT2D eigenvalue weighted by Crippen LogP contribution is 2.34. The molecule has 1 atom stereocenters. The van der Waals surface area contributed by atoms with Gasteiger partial charge in [0.2, 0.25) is 0 Å². The van der Waals surface area contributed by atoms with Crippen molar-refractivity contribution in [1.82, 2.24) is 0 Å². The summed E-state index contributed by atoms with van der Waals surface area (Å²) in [5.74, 6) is -1.88. The second-order valence-electron chi connectivity index (χ2n) is 3.77. The Morgan fingerprint density at radius 3 is 2.10 bits per heavy atom. The molecule has 9 heteroatoms. The van der Waals surface area contributed by atoms with Gasteiger partial charge in [-0.1, -0.05) is 15.9 Å². The molecule has 2 nitrogen and oxygen atoms in total. The minimum Gasteiger partial charge on any atom is -0.406 e. The molecule has 0 heterocycles.